The van der Waals surface area contributed by atoms with Gasteiger partial charge in [0.25, 0.3) is 11.8 Å². The maximum Gasteiger partial charge on any atom is 0.336 e. The number of imide groups is 2. The topological polar surface area (TPSA) is 66.5 Å². The van der Waals surface area contributed by atoms with Crippen molar-refractivity contribution in [2.24, 2.45) is 0 Å². The third kappa shape index (κ3) is 4.52. The van der Waals surface area contributed by atoms with Crippen LogP contribution in [0.1, 0.15) is 5.56 Å². The van der Waals surface area contributed by atoms with Crippen molar-refractivity contribution >= 4 is 53.0 Å². The lowest BCUT2D eigenvalue weighted by Crippen LogP contribution is -2.54. The molecule has 0 unspecified atom stereocenters. The molecule has 1 N–H and O–H groups in total. The lowest BCUT2D eigenvalue weighted by molar-refractivity contribution is -0.122. The predicted octanol–water partition coefficient (Wildman–Crippen LogP) is 5.30. The summed E-state index contributed by atoms with van der Waals surface area (Å²) in [4.78, 5) is 39.8. The number of benzene rings is 3. The number of nitrogens with one attached hydrogen (secondary N) is 1. The van der Waals surface area contributed by atoms with E-state index >= 15 is 0 Å². The van der Waals surface area contributed by atoms with E-state index in [1.807, 2.05) is 24.3 Å². The number of urea groups is 1. The van der Waals surface area contributed by atoms with Gasteiger partial charge in [-0.1, -0.05) is 47.6 Å². The van der Waals surface area contributed by atoms with Crippen molar-refractivity contribution in [1.82, 2.24) is 5.32 Å². The number of amides is 4. The third-order valence-corrected chi connectivity index (χ3v) is 5.70. The summed E-state index contributed by atoms with van der Waals surface area (Å²) in [6, 6.07) is 19.0. The van der Waals surface area contributed by atoms with E-state index in [0.29, 0.717) is 15.5 Å². The molecule has 5 nitrogen and oxygen atoms in total. The Balaban J connectivity index is 1.58. The Morgan fingerprint density at radius 3 is 2.13 bits per heavy atom. The molecule has 0 aliphatic carbocycles. The Morgan fingerprint density at radius 2 is 1.48 bits per heavy atom. The number of para-hydroxylation sites is 1. The summed E-state index contributed by atoms with van der Waals surface area (Å²) in [6.45, 7) is 0. The van der Waals surface area contributed by atoms with Crippen LogP contribution in [0.5, 0.6) is 0 Å². The second-order valence-corrected chi connectivity index (χ2v) is 8.12. The van der Waals surface area contributed by atoms with E-state index < -0.39 is 23.7 Å². The van der Waals surface area contributed by atoms with Gasteiger partial charge in [-0.25, -0.2) is 14.1 Å². The first-order chi connectivity index (χ1) is 14.9. The number of anilines is 1. The molecular weight excluding hydrogens is 439 g/mol. The maximum absolute atomic E-state index is 14.1. The van der Waals surface area contributed by atoms with Crippen LogP contribution in [0.25, 0.3) is 6.08 Å². The fraction of sp³-hybridized carbons (Fsp3) is 0. The second-order valence-electron chi connectivity index (χ2n) is 6.53. The monoisotopic (exact) mass is 452 g/mol. The SMILES string of the molecule is O=C1NC(=O)N(c2ccccc2F)C(=O)C1=Cc1ccc(Sc2ccc(Cl)cc2)cc1. The zero-order chi connectivity index (χ0) is 22.0. The van der Waals surface area contributed by atoms with Crippen molar-refractivity contribution in [3.63, 3.8) is 0 Å². The van der Waals surface area contributed by atoms with Crippen molar-refractivity contribution in [2.45, 2.75) is 9.79 Å². The number of carbonyl (C=O) groups is 3. The molecule has 3 aromatic carbocycles. The molecule has 4 amide bonds. The van der Waals surface area contributed by atoms with Crippen LogP contribution in [-0.4, -0.2) is 17.8 Å². The Morgan fingerprint density at radius 1 is 0.871 bits per heavy atom. The molecule has 1 fully saturated rings. The van der Waals surface area contributed by atoms with Crippen molar-refractivity contribution in [1.29, 1.82) is 0 Å². The molecule has 8 heteroatoms. The Hall–Kier alpha value is -3.42. The highest BCUT2D eigenvalue weighted by Crippen LogP contribution is 2.29. The van der Waals surface area contributed by atoms with Crippen LogP contribution in [0, 0.1) is 5.82 Å². The molecule has 0 radical (unpaired) electrons. The number of nitrogens with zero attached hydrogens (tertiary/aromatic N) is 1. The standard InChI is InChI=1S/C23H14ClFN2O3S/c24-15-7-11-17(12-8-15)31-16-9-5-14(6-10-16)13-18-21(28)26-23(30)27(22(18)29)20-4-2-1-3-19(20)25/h1-13H,(H,26,28,30). The van der Waals surface area contributed by atoms with E-state index in [9.17, 15) is 18.8 Å². The minimum Gasteiger partial charge on any atom is -0.273 e. The number of halogens is 2. The van der Waals surface area contributed by atoms with Crippen LogP contribution < -0.4 is 10.2 Å². The van der Waals surface area contributed by atoms with Gasteiger partial charge in [0.2, 0.25) is 0 Å². The highest BCUT2D eigenvalue weighted by Gasteiger charge is 2.37. The Kier molecular flexibility index (Phi) is 5.88. The van der Waals surface area contributed by atoms with E-state index in [1.54, 1.807) is 24.3 Å². The molecule has 0 bridgehead atoms. The van der Waals surface area contributed by atoms with Crippen molar-refractivity contribution in [2.75, 3.05) is 4.90 Å². The van der Waals surface area contributed by atoms with E-state index in [1.165, 1.54) is 36.0 Å². The molecular formula is C23H14ClFN2O3S. The largest absolute Gasteiger partial charge is 0.336 e. The first kappa shape index (κ1) is 20.8. The summed E-state index contributed by atoms with van der Waals surface area (Å²) in [5.41, 5.74) is 0.0980. The third-order valence-electron chi connectivity index (χ3n) is 4.44. The van der Waals surface area contributed by atoms with Gasteiger partial charge < -0.3 is 0 Å². The summed E-state index contributed by atoms with van der Waals surface area (Å²) in [5, 5.41) is 2.74. The quantitative estimate of drug-likeness (QED) is 0.431. The van der Waals surface area contributed by atoms with Crippen molar-refractivity contribution in [3.8, 4) is 0 Å². The van der Waals surface area contributed by atoms with Gasteiger partial charge in [-0.05, 0) is 60.2 Å². The molecule has 1 aliphatic heterocycles. The molecule has 0 saturated carbocycles. The summed E-state index contributed by atoms with van der Waals surface area (Å²) in [5.74, 6) is -2.47. The number of hydrogen-bond donors (Lipinski definition) is 1. The van der Waals surface area contributed by atoms with Gasteiger partial charge >= 0.3 is 6.03 Å². The number of carbonyl (C=O) groups excluding carboxylic acids is 3. The van der Waals surface area contributed by atoms with Crippen LogP contribution >= 0.6 is 23.4 Å². The predicted molar refractivity (Wildman–Crippen MR) is 117 cm³/mol. The summed E-state index contributed by atoms with van der Waals surface area (Å²) in [6.07, 6.45) is 1.37. The highest BCUT2D eigenvalue weighted by atomic mass is 35.5. The van der Waals surface area contributed by atoms with Gasteiger partial charge in [0, 0.05) is 14.8 Å². The maximum atomic E-state index is 14.1. The Labute approximate surface area is 186 Å². The molecule has 1 heterocycles. The molecule has 1 saturated heterocycles. The summed E-state index contributed by atoms with van der Waals surface area (Å²) in [7, 11) is 0. The fourth-order valence-corrected chi connectivity index (χ4v) is 3.89. The van der Waals surface area contributed by atoms with Gasteiger partial charge in [-0.3, -0.25) is 14.9 Å². The van der Waals surface area contributed by atoms with Crippen LogP contribution in [0.4, 0.5) is 14.9 Å². The van der Waals surface area contributed by atoms with Gasteiger partial charge in [0.1, 0.15) is 11.4 Å². The minimum absolute atomic E-state index is 0.224. The first-order valence-corrected chi connectivity index (χ1v) is 10.3. The average Bonchev–Trinajstić information content (AvgIpc) is 2.75. The lowest BCUT2D eigenvalue weighted by atomic mass is 10.1. The van der Waals surface area contributed by atoms with Crippen LogP contribution in [0.2, 0.25) is 5.02 Å². The smallest absolute Gasteiger partial charge is 0.273 e. The normalized spacial score (nSPS) is 15.4. The fourth-order valence-electron chi connectivity index (χ4n) is 2.95. The molecule has 154 valence electrons. The molecule has 0 spiro atoms. The minimum atomic E-state index is -0.994. The number of barbiturate groups is 1. The molecule has 3 aromatic rings. The van der Waals surface area contributed by atoms with Crippen LogP contribution in [0.3, 0.4) is 0 Å². The van der Waals surface area contributed by atoms with Gasteiger partial charge in [-0.15, -0.1) is 0 Å². The van der Waals surface area contributed by atoms with E-state index in [2.05, 4.69) is 5.32 Å². The first-order valence-electron chi connectivity index (χ1n) is 9.12. The van der Waals surface area contributed by atoms with Crippen molar-refractivity contribution < 1.29 is 18.8 Å². The van der Waals surface area contributed by atoms with Crippen molar-refractivity contribution in [3.05, 3.63) is 94.8 Å². The summed E-state index contributed by atoms with van der Waals surface area (Å²) < 4.78 is 14.1. The molecule has 31 heavy (non-hydrogen) atoms. The van der Waals surface area contributed by atoms with E-state index in [4.69, 9.17) is 11.6 Å². The molecule has 0 aromatic heterocycles. The summed E-state index contributed by atoms with van der Waals surface area (Å²) >= 11 is 7.43. The number of rotatable bonds is 4. The van der Waals surface area contributed by atoms with Gasteiger partial charge in [0.05, 0.1) is 5.69 Å². The highest BCUT2D eigenvalue weighted by molar-refractivity contribution is 7.99. The second kappa shape index (κ2) is 8.75. The van der Waals surface area contributed by atoms with Crippen LogP contribution in [0.15, 0.2) is 88.2 Å². The zero-order valence-corrected chi connectivity index (χ0v) is 17.4. The van der Waals surface area contributed by atoms with E-state index in [-0.39, 0.29) is 11.3 Å². The Bertz CT molecular complexity index is 1210. The molecule has 0 atom stereocenters. The lowest BCUT2D eigenvalue weighted by Gasteiger charge is -2.26. The van der Waals surface area contributed by atoms with E-state index in [0.717, 1.165) is 15.9 Å². The zero-order valence-electron chi connectivity index (χ0n) is 15.8. The van der Waals surface area contributed by atoms with Crippen LogP contribution in [-0.2, 0) is 9.59 Å². The number of hydrogen-bond acceptors (Lipinski definition) is 4. The van der Waals surface area contributed by atoms with Gasteiger partial charge in [-0.2, -0.15) is 0 Å². The molecule has 4 rings (SSSR count). The average molecular weight is 453 g/mol. The van der Waals surface area contributed by atoms with Gasteiger partial charge in [0.15, 0.2) is 0 Å². The molecule has 1 aliphatic rings.